The lowest BCUT2D eigenvalue weighted by atomic mass is 10.1. The summed E-state index contributed by atoms with van der Waals surface area (Å²) < 4.78 is 29.8. The van der Waals surface area contributed by atoms with Crippen LogP contribution in [0.4, 0.5) is 0 Å². The van der Waals surface area contributed by atoms with Gasteiger partial charge in [0.1, 0.15) is 0 Å². The van der Waals surface area contributed by atoms with Gasteiger partial charge in [0.15, 0.2) is 0 Å². The largest absolute Gasteiger partial charge is 0.324 e. The summed E-state index contributed by atoms with van der Waals surface area (Å²) in [5, 5.41) is 0. The van der Waals surface area contributed by atoms with E-state index in [1.165, 1.54) is 24.3 Å². The van der Waals surface area contributed by atoms with Gasteiger partial charge in [-0.25, -0.2) is 13.1 Å². The van der Waals surface area contributed by atoms with Gasteiger partial charge in [-0.3, -0.25) is 20.4 Å². The summed E-state index contributed by atoms with van der Waals surface area (Å²) >= 11 is 0. The molecule has 3 aromatic carbocycles. The number of nitrogens with one attached hydrogen (secondary N) is 3. The third-order valence-corrected chi connectivity index (χ3v) is 6.76. The van der Waals surface area contributed by atoms with Crippen molar-refractivity contribution in [1.29, 1.82) is 0 Å². The van der Waals surface area contributed by atoms with E-state index in [1.54, 1.807) is 12.1 Å². The van der Waals surface area contributed by atoms with Crippen LogP contribution in [0.2, 0.25) is 0 Å². The van der Waals surface area contributed by atoms with Gasteiger partial charge in [0.2, 0.25) is 10.0 Å². The van der Waals surface area contributed by atoms with Crippen molar-refractivity contribution in [2.75, 3.05) is 0 Å². The monoisotopic (exact) mass is 488 g/mol. The van der Waals surface area contributed by atoms with Crippen molar-refractivity contribution in [3.8, 4) is 5.69 Å². The zero-order chi connectivity index (χ0) is 24.8. The smallest absolute Gasteiger partial charge is 0.269 e. The number of hydrogen-bond donors (Lipinski definition) is 3. The van der Waals surface area contributed by atoms with Crippen LogP contribution in [0.3, 0.4) is 0 Å². The highest BCUT2D eigenvalue weighted by atomic mass is 32.2. The standard InChI is InChI=1S/C26H24N4O4S/c1-19-12-13-22(17-24(19)30-14-5-6-15-30)26(32)29-28-25(31)21-10-7-11-23(16-21)35(33,34)27-18-20-8-3-2-4-9-20/h2-17,27H,18H2,1H3,(H,28,31)(H,29,32). The summed E-state index contributed by atoms with van der Waals surface area (Å²) in [4.78, 5) is 25.2. The number of rotatable bonds is 7. The van der Waals surface area contributed by atoms with Crippen LogP contribution in [0, 0.1) is 6.92 Å². The highest BCUT2D eigenvalue weighted by molar-refractivity contribution is 7.89. The van der Waals surface area contributed by atoms with Crippen LogP contribution in [0.1, 0.15) is 31.8 Å². The Morgan fingerprint density at radius 2 is 1.43 bits per heavy atom. The maximum absolute atomic E-state index is 12.7. The summed E-state index contributed by atoms with van der Waals surface area (Å²) in [6.45, 7) is 2.06. The van der Waals surface area contributed by atoms with Gasteiger partial charge >= 0.3 is 0 Å². The highest BCUT2D eigenvalue weighted by Crippen LogP contribution is 2.17. The van der Waals surface area contributed by atoms with E-state index >= 15 is 0 Å². The molecule has 35 heavy (non-hydrogen) atoms. The molecule has 8 nitrogen and oxygen atoms in total. The summed E-state index contributed by atoms with van der Waals surface area (Å²) in [6.07, 6.45) is 3.75. The van der Waals surface area contributed by atoms with Crippen LogP contribution >= 0.6 is 0 Å². The molecule has 0 aliphatic heterocycles. The summed E-state index contributed by atoms with van der Waals surface area (Å²) in [7, 11) is -3.84. The molecule has 1 aromatic heterocycles. The second-order valence-corrected chi connectivity index (χ2v) is 9.60. The molecule has 0 atom stereocenters. The molecule has 1 heterocycles. The average molecular weight is 489 g/mol. The van der Waals surface area contributed by atoms with Crippen molar-refractivity contribution in [2.45, 2.75) is 18.4 Å². The van der Waals surface area contributed by atoms with E-state index in [4.69, 9.17) is 0 Å². The van der Waals surface area contributed by atoms with Crippen LogP contribution in [0.5, 0.6) is 0 Å². The molecule has 3 N–H and O–H groups in total. The molecule has 0 saturated heterocycles. The van der Waals surface area contributed by atoms with Gasteiger partial charge in [-0.1, -0.05) is 42.5 Å². The highest BCUT2D eigenvalue weighted by Gasteiger charge is 2.17. The lowest BCUT2D eigenvalue weighted by Crippen LogP contribution is -2.41. The van der Waals surface area contributed by atoms with Crippen LogP contribution in [-0.2, 0) is 16.6 Å². The Kier molecular flexibility index (Phi) is 7.09. The maximum Gasteiger partial charge on any atom is 0.269 e. The number of aromatic nitrogens is 1. The number of carbonyl (C=O) groups excluding carboxylic acids is 2. The molecule has 2 amide bonds. The van der Waals surface area contributed by atoms with Crippen molar-refractivity contribution >= 4 is 21.8 Å². The molecule has 4 rings (SSSR count). The van der Waals surface area contributed by atoms with Gasteiger partial charge < -0.3 is 4.57 Å². The topological polar surface area (TPSA) is 109 Å². The minimum atomic E-state index is -3.84. The van der Waals surface area contributed by atoms with Crippen molar-refractivity contribution in [3.63, 3.8) is 0 Å². The predicted octanol–water partition coefficient (Wildman–Crippen LogP) is 3.34. The first kappa shape index (κ1) is 23.9. The van der Waals surface area contributed by atoms with Crippen LogP contribution in [-0.4, -0.2) is 24.8 Å². The number of benzene rings is 3. The first-order valence-corrected chi connectivity index (χ1v) is 12.3. The normalized spacial score (nSPS) is 11.1. The fourth-order valence-electron chi connectivity index (χ4n) is 3.44. The molecule has 178 valence electrons. The average Bonchev–Trinajstić information content (AvgIpc) is 3.42. The summed E-state index contributed by atoms with van der Waals surface area (Å²) in [5.41, 5.74) is 7.81. The Morgan fingerprint density at radius 1 is 0.771 bits per heavy atom. The second-order valence-electron chi connectivity index (χ2n) is 7.84. The zero-order valence-electron chi connectivity index (χ0n) is 18.9. The molecule has 0 spiro atoms. The zero-order valence-corrected chi connectivity index (χ0v) is 19.7. The molecule has 0 aliphatic rings. The molecule has 0 bridgehead atoms. The SMILES string of the molecule is Cc1ccc(C(=O)NNC(=O)c2cccc(S(=O)(=O)NCc3ccccc3)c2)cc1-n1cccc1. The van der Waals surface area contributed by atoms with E-state index in [1.807, 2.05) is 72.4 Å². The molecule has 0 radical (unpaired) electrons. The number of nitrogens with zero attached hydrogens (tertiary/aromatic N) is 1. The Labute approximate surface area is 203 Å². The molecule has 0 saturated carbocycles. The van der Waals surface area contributed by atoms with Crippen molar-refractivity contribution in [2.24, 2.45) is 0 Å². The van der Waals surface area contributed by atoms with Crippen LogP contribution in [0.25, 0.3) is 5.69 Å². The van der Waals surface area contributed by atoms with E-state index in [-0.39, 0.29) is 17.0 Å². The Morgan fingerprint density at radius 3 is 2.11 bits per heavy atom. The fourth-order valence-corrected chi connectivity index (χ4v) is 4.51. The molecule has 9 heteroatoms. The molecule has 0 aliphatic carbocycles. The first-order valence-electron chi connectivity index (χ1n) is 10.8. The van der Waals surface area contributed by atoms with Gasteiger partial charge in [0.05, 0.1) is 4.90 Å². The number of aryl methyl sites for hydroxylation is 1. The fraction of sp³-hybridized carbons (Fsp3) is 0.0769. The van der Waals surface area contributed by atoms with E-state index in [9.17, 15) is 18.0 Å². The van der Waals surface area contributed by atoms with Gasteiger partial charge in [-0.15, -0.1) is 0 Å². The molecular weight excluding hydrogens is 464 g/mol. The van der Waals surface area contributed by atoms with Crippen molar-refractivity contribution in [1.82, 2.24) is 20.1 Å². The van der Waals surface area contributed by atoms with Gasteiger partial charge in [0, 0.05) is 35.8 Å². The van der Waals surface area contributed by atoms with E-state index in [0.717, 1.165) is 16.8 Å². The third-order valence-electron chi connectivity index (χ3n) is 5.36. The Bertz CT molecular complexity index is 1450. The quantitative estimate of drug-likeness (QED) is 0.347. The third kappa shape index (κ3) is 5.84. The number of hydrogen-bond acceptors (Lipinski definition) is 4. The lowest BCUT2D eigenvalue weighted by Gasteiger charge is -2.12. The van der Waals surface area contributed by atoms with E-state index in [2.05, 4.69) is 15.6 Å². The number of sulfonamides is 1. The predicted molar refractivity (Wildman–Crippen MR) is 132 cm³/mol. The first-order chi connectivity index (χ1) is 16.8. The maximum atomic E-state index is 12.7. The van der Waals surface area contributed by atoms with Gasteiger partial charge in [-0.2, -0.15) is 0 Å². The Hall–Kier alpha value is -4.21. The lowest BCUT2D eigenvalue weighted by molar-refractivity contribution is 0.0846. The minimum Gasteiger partial charge on any atom is -0.324 e. The molecule has 4 aromatic rings. The van der Waals surface area contributed by atoms with Crippen LogP contribution < -0.4 is 15.6 Å². The molecule has 0 unspecified atom stereocenters. The number of carbonyl (C=O) groups is 2. The van der Waals surface area contributed by atoms with Gasteiger partial charge in [0.25, 0.3) is 11.8 Å². The summed E-state index contributed by atoms with van der Waals surface area (Å²) in [5.74, 6) is -1.14. The van der Waals surface area contributed by atoms with E-state index < -0.39 is 21.8 Å². The van der Waals surface area contributed by atoms with Crippen LogP contribution in [0.15, 0.2) is 102 Å². The summed E-state index contributed by atoms with van der Waals surface area (Å²) in [6, 6.07) is 23.7. The number of hydrazine groups is 1. The van der Waals surface area contributed by atoms with Crippen molar-refractivity contribution in [3.05, 3.63) is 120 Å². The number of amides is 2. The van der Waals surface area contributed by atoms with E-state index in [0.29, 0.717) is 5.56 Å². The molecule has 0 fully saturated rings. The van der Waals surface area contributed by atoms with Gasteiger partial charge in [-0.05, 0) is 60.5 Å². The second kappa shape index (κ2) is 10.4. The Balaban J connectivity index is 1.41. The molecular formula is C26H24N4O4S. The minimum absolute atomic E-state index is 0.0534. The van der Waals surface area contributed by atoms with Crippen molar-refractivity contribution < 1.29 is 18.0 Å².